The van der Waals surface area contributed by atoms with Crippen LogP contribution in [0.25, 0.3) is 10.4 Å². The summed E-state index contributed by atoms with van der Waals surface area (Å²) in [7, 11) is 0. The van der Waals surface area contributed by atoms with Crippen LogP contribution in [-0.4, -0.2) is 62.0 Å². The van der Waals surface area contributed by atoms with E-state index >= 15 is 0 Å². The van der Waals surface area contributed by atoms with E-state index in [1.165, 1.54) is 10.4 Å². The van der Waals surface area contributed by atoms with E-state index in [0.29, 0.717) is 25.1 Å². The fourth-order valence-electron chi connectivity index (χ4n) is 5.98. The number of hydrogen-bond donors (Lipinski definition) is 1. The maximum absolute atomic E-state index is 13.9. The van der Waals surface area contributed by atoms with Crippen LogP contribution in [0.3, 0.4) is 0 Å². The number of aliphatic hydroxyl groups is 1. The molecule has 0 bridgehead atoms. The summed E-state index contributed by atoms with van der Waals surface area (Å²) in [5.41, 5.74) is 6.62. The molecule has 1 N–H and O–H groups in total. The van der Waals surface area contributed by atoms with Crippen LogP contribution in [0, 0.1) is 19.8 Å². The van der Waals surface area contributed by atoms with Crippen molar-refractivity contribution in [3.05, 3.63) is 58.6 Å². The number of carbonyl (C=O) groups is 1. The second kappa shape index (κ2) is 10.3. The molecule has 0 saturated carbocycles. The van der Waals surface area contributed by atoms with E-state index in [1.54, 1.807) is 11.3 Å². The number of hydrazone groups is 1. The normalized spacial score (nSPS) is 24.4. The Morgan fingerprint density at radius 1 is 1.26 bits per heavy atom. The van der Waals surface area contributed by atoms with Crippen molar-refractivity contribution >= 4 is 23.0 Å². The molecule has 3 aromatic rings. The number of carbonyl (C=O) groups excluding carboxylic acids is 1. The summed E-state index contributed by atoms with van der Waals surface area (Å²) in [5.74, 6) is 0.105. The molecule has 1 fully saturated rings. The Labute approximate surface area is 228 Å². The van der Waals surface area contributed by atoms with Gasteiger partial charge in [-0.3, -0.25) is 9.80 Å². The Morgan fingerprint density at radius 3 is 2.58 bits per heavy atom. The van der Waals surface area contributed by atoms with Crippen LogP contribution in [-0.2, 0) is 10.3 Å². The van der Waals surface area contributed by atoms with Crippen molar-refractivity contribution < 1.29 is 14.4 Å². The van der Waals surface area contributed by atoms with Gasteiger partial charge in [0.25, 0.3) is 0 Å². The van der Waals surface area contributed by atoms with Crippen LogP contribution in [0.2, 0.25) is 0 Å². The Bertz CT molecular complexity index is 1330. The number of thiazole rings is 1. The molecule has 0 spiro atoms. The predicted molar refractivity (Wildman–Crippen MR) is 149 cm³/mol. The van der Waals surface area contributed by atoms with Crippen molar-refractivity contribution in [3.63, 3.8) is 0 Å². The molecule has 0 aliphatic carbocycles. The number of aromatic nitrogens is 2. The van der Waals surface area contributed by atoms with Gasteiger partial charge in [0.2, 0.25) is 5.91 Å². The van der Waals surface area contributed by atoms with Gasteiger partial charge in [0, 0.05) is 32.0 Å². The van der Waals surface area contributed by atoms with E-state index in [-0.39, 0.29) is 23.4 Å². The largest absolute Gasteiger partial charge is 0.391 e. The highest BCUT2D eigenvalue weighted by molar-refractivity contribution is 7.13. The first kappa shape index (κ1) is 26.6. The lowest BCUT2D eigenvalue weighted by molar-refractivity contribution is -0.134. The molecule has 5 rings (SSSR count). The van der Waals surface area contributed by atoms with Crippen molar-refractivity contribution in [2.24, 2.45) is 11.0 Å². The van der Waals surface area contributed by atoms with Gasteiger partial charge in [0.15, 0.2) is 0 Å². The molecular formula is C29H37N5O3S. The third-order valence-corrected chi connectivity index (χ3v) is 8.97. The van der Waals surface area contributed by atoms with Gasteiger partial charge in [-0.1, -0.05) is 43.3 Å². The fourth-order valence-corrected chi connectivity index (χ4v) is 6.79. The van der Waals surface area contributed by atoms with Crippen molar-refractivity contribution in [2.45, 2.75) is 78.0 Å². The third-order valence-electron chi connectivity index (χ3n) is 7.99. The minimum atomic E-state index is -0.584. The van der Waals surface area contributed by atoms with E-state index in [0.717, 1.165) is 29.2 Å². The van der Waals surface area contributed by atoms with Crippen LogP contribution in [0.5, 0.6) is 0 Å². The maximum atomic E-state index is 13.9. The van der Waals surface area contributed by atoms with Gasteiger partial charge in [0.05, 0.1) is 45.2 Å². The number of rotatable bonds is 7. The number of hydrogen-bond acceptors (Lipinski definition) is 8. The van der Waals surface area contributed by atoms with Gasteiger partial charge in [-0.15, -0.1) is 11.3 Å². The molecule has 1 saturated heterocycles. The standard InChI is InChI=1S/C29H37N5O3S/c1-7-34-29(6,21-10-8-20(9-11-21)27-19(5)30-16-38-27)14-23(31-34)24-13-22(35)15-33(24)28(36)26(17(2)3)25-12-18(4)32-37-25/h8-12,16-17,22,24,26,35H,7,13-15H2,1-6H3/t22-,24?,26-,29+/m1/s1. The minimum absolute atomic E-state index is 0.0249. The molecule has 1 aromatic carbocycles. The average Bonchev–Trinajstić information content (AvgIpc) is 3.66. The van der Waals surface area contributed by atoms with Gasteiger partial charge < -0.3 is 14.5 Å². The van der Waals surface area contributed by atoms with Gasteiger partial charge in [-0.25, -0.2) is 4.98 Å². The summed E-state index contributed by atoms with van der Waals surface area (Å²) in [6, 6.07) is 10.3. The fraction of sp³-hybridized carbons (Fsp3) is 0.517. The number of nitrogens with zero attached hydrogens (tertiary/aromatic N) is 5. The van der Waals surface area contributed by atoms with E-state index < -0.39 is 12.0 Å². The summed E-state index contributed by atoms with van der Waals surface area (Å²) in [5, 5.41) is 21.9. The first-order valence-electron chi connectivity index (χ1n) is 13.4. The summed E-state index contributed by atoms with van der Waals surface area (Å²) in [6.07, 6.45) is 0.594. The molecule has 8 nitrogen and oxygen atoms in total. The second-order valence-electron chi connectivity index (χ2n) is 11.1. The number of β-amino-alcohol motifs (C(OH)–C–C–N with tert-alkyl or cyclic N) is 1. The molecular weight excluding hydrogens is 498 g/mol. The number of aryl methyl sites for hydroxylation is 2. The molecule has 4 atom stereocenters. The number of amides is 1. The topological polar surface area (TPSA) is 95.1 Å². The summed E-state index contributed by atoms with van der Waals surface area (Å²) < 4.78 is 5.52. The van der Waals surface area contributed by atoms with E-state index in [2.05, 4.69) is 53.3 Å². The Balaban J connectivity index is 1.41. The molecule has 2 aliphatic heterocycles. The quantitative estimate of drug-likeness (QED) is 0.452. The molecule has 2 aromatic heterocycles. The van der Waals surface area contributed by atoms with Crippen LogP contribution in [0.1, 0.15) is 69.2 Å². The van der Waals surface area contributed by atoms with E-state index in [4.69, 9.17) is 9.62 Å². The predicted octanol–water partition coefficient (Wildman–Crippen LogP) is 5.11. The van der Waals surface area contributed by atoms with Gasteiger partial charge in [0.1, 0.15) is 11.7 Å². The smallest absolute Gasteiger partial charge is 0.234 e. The van der Waals surface area contributed by atoms with Gasteiger partial charge >= 0.3 is 0 Å². The number of benzene rings is 1. The first-order valence-corrected chi connectivity index (χ1v) is 14.3. The SMILES string of the molecule is CCN1N=C(C2C[C@@H](O)CN2C(=O)[C@@H](c2cc(C)no2)C(C)C)C[C@@]1(C)c1ccc(-c2scnc2C)cc1. The molecule has 202 valence electrons. The van der Waals surface area contributed by atoms with Crippen LogP contribution in [0.15, 0.2) is 45.5 Å². The summed E-state index contributed by atoms with van der Waals surface area (Å²) in [6.45, 7) is 13.3. The summed E-state index contributed by atoms with van der Waals surface area (Å²) in [4.78, 5) is 21.3. The van der Waals surface area contributed by atoms with Crippen LogP contribution >= 0.6 is 11.3 Å². The van der Waals surface area contributed by atoms with Gasteiger partial charge in [-0.05, 0) is 44.7 Å². The molecule has 9 heteroatoms. The molecule has 4 heterocycles. The van der Waals surface area contributed by atoms with Crippen LogP contribution < -0.4 is 0 Å². The highest BCUT2D eigenvalue weighted by Gasteiger charge is 2.47. The zero-order chi connectivity index (χ0) is 27.2. The second-order valence-corrected chi connectivity index (χ2v) is 11.9. The van der Waals surface area contributed by atoms with Crippen molar-refractivity contribution in [1.29, 1.82) is 0 Å². The highest BCUT2D eigenvalue weighted by Crippen LogP contribution is 2.41. The number of aliphatic hydroxyl groups excluding tert-OH is 1. The monoisotopic (exact) mass is 535 g/mol. The lowest BCUT2D eigenvalue weighted by Crippen LogP contribution is -2.44. The molecule has 1 amide bonds. The van der Waals surface area contributed by atoms with Crippen molar-refractivity contribution in [2.75, 3.05) is 13.1 Å². The third kappa shape index (κ3) is 4.66. The van der Waals surface area contributed by atoms with E-state index in [1.807, 2.05) is 44.2 Å². The first-order chi connectivity index (χ1) is 18.1. The molecule has 38 heavy (non-hydrogen) atoms. The Kier molecular flexibility index (Phi) is 7.17. The molecule has 2 aliphatic rings. The Morgan fingerprint density at radius 2 is 2.00 bits per heavy atom. The zero-order valence-electron chi connectivity index (χ0n) is 23.0. The lowest BCUT2D eigenvalue weighted by Gasteiger charge is -2.34. The lowest BCUT2D eigenvalue weighted by atomic mass is 9.84. The maximum Gasteiger partial charge on any atom is 0.234 e. The summed E-state index contributed by atoms with van der Waals surface area (Å²) >= 11 is 1.65. The number of likely N-dealkylation sites (tertiary alicyclic amines) is 1. The zero-order valence-corrected chi connectivity index (χ0v) is 23.8. The molecule has 0 radical (unpaired) electrons. The minimum Gasteiger partial charge on any atom is -0.391 e. The van der Waals surface area contributed by atoms with E-state index in [9.17, 15) is 9.90 Å². The average molecular weight is 536 g/mol. The van der Waals surface area contributed by atoms with Crippen LogP contribution in [0.4, 0.5) is 0 Å². The van der Waals surface area contributed by atoms with Crippen molar-refractivity contribution in [3.8, 4) is 10.4 Å². The van der Waals surface area contributed by atoms with Crippen molar-refractivity contribution in [1.82, 2.24) is 20.0 Å². The highest BCUT2D eigenvalue weighted by atomic mass is 32.1. The Hall–Kier alpha value is -3.04. The molecule has 1 unspecified atom stereocenters. The van der Waals surface area contributed by atoms with Gasteiger partial charge in [-0.2, -0.15) is 5.10 Å².